The number of hydrogen-bond acceptors (Lipinski definition) is 6. The van der Waals surface area contributed by atoms with Crippen LogP contribution in [-0.4, -0.2) is 29.0 Å². The summed E-state index contributed by atoms with van der Waals surface area (Å²) in [6.07, 6.45) is 0. The van der Waals surface area contributed by atoms with Gasteiger partial charge in [-0.15, -0.1) is 11.3 Å². The van der Waals surface area contributed by atoms with E-state index in [1.165, 1.54) is 18.4 Å². The summed E-state index contributed by atoms with van der Waals surface area (Å²) in [5.74, 6) is -0.795. The molecule has 3 rings (SSSR count). The second kappa shape index (κ2) is 6.37. The number of benzene rings is 1. The number of anilines is 1. The fourth-order valence-electron chi connectivity index (χ4n) is 2.22. The predicted molar refractivity (Wildman–Crippen MR) is 92.6 cm³/mol. The molecule has 0 saturated carbocycles. The Bertz CT molecular complexity index is 949. The zero-order valence-corrected chi connectivity index (χ0v) is 14.2. The maximum Gasteiger partial charge on any atom is 0.350 e. The molecule has 0 unspecified atom stereocenters. The van der Waals surface area contributed by atoms with E-state index in [0.29, 0.717) is 21.6 Å². The Morgan fingerprint density at radius 1 is 1.08 bits per heavy atom. The van der Waals surface area contributed by atoms with Crippen molar-refractivity contribution in [2.75, 3.05) is 12.4 Å². The zero-order chi connectivity index (χ0) is 17.3. The largest absolute Gasteiger partial charge is 0.465 e. The van der Waals surface area contributed by atoms with Crippen LogP contribution in [0.4, 0.5) is 5.69 Å². The maximum atomic E-state index is 12.5. The van der Waals surface area contributed by atoms with Gasteiger partial charge in [0.2, 0.25) is 0 Å². The molecule has 0 aliphatic rings. The molecule has 0 spiro atoms. The van der Waals surface area contributed by atoms with E-state index in [0.717, 1.165) is 16.9 Å². The SMILES string of the molecule is COC(=O)c1sccc1NC(=O)c1ccc2nc(C)c(C)nc2c1. The lowest BCUT2D eigenvalue weighted by molar-refractivity contribution is 0.0607. The van der Waals surface area contributed by atoms with E-state index in [9.17, 15) is 9.59 Å². The number of methoxy groups -OCH3 is 1. The van der Waals surface area contributed by atoms with Gasteiger partial charge < -0.3 is 10.1 Å². The van der Waals surface area contributed by atoms with Gasteiger partial charge in [0, 0.05) is 5.56 Å². The number of amides is 1. The third-order valence-corrected chi connectivity index (χ3v) is 4.52. The third-order valence-electron chi connectivity index (χ3n) is 3.62. The van der Waals surface area contributed by atoms with Crippen LogP contribution >= 0.6 is 11.3 Å². The lowest BCUT2D eigenvalue weighted by atomic mass is 10.1. The fraction of sp³-hybridized carbons (Fsp3) is 0.176. The van der Waals surface area contributed by atoms with Crippen molar-refractivity contribution in [3.8, 4) is 0 Å². The quantitative estimate of drug-likeness (QED) is 0.739. The first kappa shape index (κ1) is 16.1. The van der Waals surface area contributed by atoms with E-state index in [1.54, 1.807) is 29.6 Å². The molecule has 3 aromatic rings. The molecule has 2 heterocycles. The average Bonchev–Trinajstić information content (AvgIpc) is 3.02. The van der Waals surface area contributed by atoms with Crippen LogP contribution in [0, 0.1) is 13.8 Å². The van der Waals surface area contributed by atoms with Gasteiger partial charge in [-0.25, -0.2) is 14.8 Å². The average molecular weight is 341 g/mol. The molecule has 24 heavy (non-hydrogen) atoms. The molecule has 2 aromatic heterocycles. The number of carbonyl (C=O) groups excluding carboxylic acids is 2. The van der Waals surface area contributed by atoms with Crippen LogP contribution in [0.1, 0.15) is 31.4 Å². The molecule has 1 N–H and O–H groups in total. The number of rotatable bonds is 3. The number of ether oxygens (including phenoxy) is 1. The summed E-state index contributed by atoms with van der Waals surface area (Å²) < 4.78 is 4.71. The van der Waals surface area contributed by atoms with Crippen LogP contribution in [0.3, 0.4) is 0 Å². The summed E-state index contributed by atoms with van der Waals surface area (Å²) in [5, 5.41) is 4.46. The number of hydrogen-bond donors (Lipinski definition) is 1. The number of aryl methyl sites for hydroxylation is 2. The van der Waals surface area contributed by atoms with Crippen molar-refractivity contribution in [3.05, 3.63) is 51.5 Å². The number of nitrogens with one attached hydrogen (secondary N) is 1. The maximum absolute atomic E-state index is 12.5. The van der Waals surface area contributed by atoms with E-state index in [-0.39, 0.29) is 5.91 Å². The molecular weight excluding hydrogens is 326 g/mol. The molecule has 6 nitrogen and oxygen atoms in total. The van der Waals surface area contributed by atoms with Gasteiger partial charge in [-0.1, -0.05) is 0 Å². The second-order valence-corrected chi connectivity index (χ2v) is 6.12. The highest BCUT2D eigenvalue weighted by Gasteiger charge is 2.16. The van der Waals surface area contributed by atoms with E-state index in [1.807, 2.05) is 13.8 Å². The molecule has 1 aromatic carbocycles. The van der Waals surface area contributed by atoms with Crippen LogP contribution in [0.5, 0.6) is 0 Å². The Hall–Kier alpha value is -2.80. The molecule has 0 bridgehead atoms. The van der Waals surface area contributed by atoms with Gasteiger partial charge in [-0.2, -0.15) is 0 Å². The highest BCUT2D eigenvalue weighted by molar-refractivity contribution is 7.12. The molecule has 0 aliphatic heterocycles. The zero-order valence-electron chi connectivity index (χ0n) is 13.4. The minimum absolute atomic E-state index is 0.319. The van der Waals surface area contributed by atoms with Gasteiger partial charge >= 0.3 is 5.97 Å². The van der Waals surface area contributed by atoms with Crippen molar-refractivity contribution in [1.82, 2.24) is 9.97 Å². The van der Waals surface area contributed by atoms with Crippen molar-refractivity contribution in [3.63, 3.8) is 0 Å². The van der Waals surface area contributed by atoms with Gasteiger partial charge in [0.05, 0.1) is 35.2 Å². The molecule has 0 saturated heterocycles. The van der Waals surface area contributed by atoms with E-state index in [2.05, 4.69) is 15.3 Å². The Balaban J connectivity index is 1.90. The molecular formula is C17H15N3O3S. The second-order valence-electron chi connectivity index (χ2n) is 5.21. The number of thiophene rings is 1. The summed E-state index contributed by atoms with van der Waals surface area (Å²) in [7, 11) is 1.31. The predicted octanol–water partition coefficient (Wildman–Crippen LogP) is 3.35. The summed E-state index contributed by atoms with van der Waals surface area (Å²) in [6.45, 7) is 3.77. The normalized spacial score (nSPS) is 10.6. The van der Waals surface area contributed by atoms with Gasteiger partial charge in [0.25, 0.3) is 5.91 Å². The highest BCUT2D eigenvalue weighted by atomic mass is 32.1. The Morgan fingerprint density at radius 3 is 2.50 bits per heavy atom. The summed E-state index contributed by atoms with van der Waals surface area (Å²) >= 11 is 1.21. The Morgan fingerprint density at radius 2 is 1.79 bits per heavy atom. The van der Waals surface area contributed by atoms with Crippen LogP contribution in [0.2, 0.25) is 0 Å². The molecule has 0 fully saturated rings. The number of esters is 1. The lowest BCUT2D eigenvalue weighted by Crippen LogP contribution is -2.14. The summed E-state index contributed by atoms with van der Waals surface area (Å²) in [4.78, 5) is 33.4. The van der Waals surface area contributed by atoms with Crippen molar-refractivity contribution in [2.45, 2.75) is 13.8 Å². The van der Waals surface area contributed by atoms with Gasteiger partial charge in [-0.05, 0) is 43.5 Å². The number of nitrogens with zero attached hydrogens (tertiary/aromatic N) is 2. The summed E-state index contributed by atoms with van der Waals surface area (Å²) in [6, 6.07) is 6.81. The van der Waals surface area contributed by atoms with Crippen molar-refractivity contribution in [2.24, 2.45) is 0 Å². The molecule has 122 valence electrons. The monoisotopic (exact) mass is 341 g/mol. The topological polar surface area (TPSA) is 81.2 Å². The van der Waals surface area contributed by atoms with Gasteiger partial charge in [-0.3, -0.25) is 4.79 Å². The third kappa shape index (κ3) is 2.98. The van der Waals surface area contributed by atoms with Crippen LogP contribution in [0.15, 0.2) is 29.6 Å². The smallest absolute Gasteiger partial charge is 0.350 e. The minimum Gasteiger partial charge on any atom is -0.465 e. The molecule has 1 amide bonds. The van der Waals surface area contributed by atoms with Crippen LogP contribution < -0.4 is 5.32 Å². The molecule has 7 heteroatoms. The van der Waals surface area contributed by atoms with E-state index >= 15 is 0 Å². The molecule has 0 atom stereocenters. The van der Waals surface area contributed by atoms with Crippen molar-refractivity contribution >= 4 is 39.9 Å². The fourth-order valence-corrected chi connectivity index (χ4v) is 2.99. The Labute approximate surface area is 142 Å². The number of fused-ring (bicyclic) bond motifs is 1. The molecule has 0 aliphatic carbocycles. The van der Waals surface area contributed by atoms with Gasteiger partial charge in [0.15, 0.2) is 0 Å². The van der Waals surface area contributed by atoms with Crippen LogP contribution in [0.25, 0.3) is 11.0 Å². The van der Waals surface area contributed by atoms with E-state index < -0.39 is 5.97 Å². The minimum atomic E-state index is -0.476. The first-order chi connectivity index (χ1) is 11.5. The standard InChI is InChI=1S/C17H15N3O3S/c1-9-10(2)19-14-8-11(4-5-12(14)18-9)16(21)20-13-6-7-24-15(13)17(22)23-3/h4-8H,1-3H3,(H,20,21). The van der Waals surface area contributed by atoms with Crippen LogP contribution in [-0.2, 0) is 4.74 Å². The first-order valence-corrected chi connectivity index (χ1v) is 8.09. The van der Waals surface area contributed by atoms with Crippen molar-refractivity contribution in [1.29, 1.82) is 0 Å². The Kier molecular flexibility index (Phi) is 4.26. The highest BCUT2D eigenvalue weighted by Crippen LogP contribution is 2.24. The first-order valence-electron chi connectivity index (χ1n) is 7.21. The van der Waals surface area contributed by atoms with E-state index in [4.69, 9.17) is 4.74 Å². The van der Waals surface area contributed by atoms with Gasteiger partial charge in [0.1, 0.15) is 4.88 Å². The summed E-state index contributed by atoms with van der Waals surface area (Å²) in [5.41, 5.74) is 3.96. The lowest BCUT2D eigenvalue weighted by Gasteiger charge is -2.07. The number of aromatic nitrogens is 2. The number of carbonyl (C=O) groups is 2. The molecule has 0 radical (unpaired) electrons. The van der Waals surface area contributed by atoms with Crippen molar-refractivity contribution < 1.29 is 14.3 Å².